The number of halogens is 2. The number of hydrogen-bond donors (Lipinski definition) is 2. The monoisotopic (exact) mass is 675 g/mol. The van der Waals surface area contributed by atoms with E-state index in [1.54, 1.807) is 12.1 Å². The lowest BCUT2D eigenvalue weighted by molar-refractivity contribution is 0.0810. The number of benzene rings is 2. The van der Waals surface area contributed by atoms with Gasteiger partial charge < -0.3 is 34.8 Å². The lowest BCUT2D eigenvalue weighted by Gasteiger charge is -2.38. The number of aromatic nitrogens is 3. The number of anilines is 5. The van der Waals surface area contributed by atoms with Crippen molar-refractivity contribution >= 4 is 35.0 Å². The van der Waals surface area contributed by atoms with Gasteiger partial charge in [-0.15, -0.1) is 0 Å². The quantitative estimate of drug-likeness (QED) is 0.375. The number of nitrogens with zero attached hydrogens (tertiary/aromatic N) is 7. The van der Waals surface area contributed by atoms with Crippen LogP contribution in [0.1, 0.15) is 26.7 Å². The summed E-state index contributed by atoms with van der Waals surface area (Å²) in [6, 6.07) is 14.0. The number of carbonyl (C=O) groups excluding carboxylic acids is 1. The lowest BCUT2D eigenvalue weighted by Crippen LogP contribution is -2.50. The second-order valence-corrected chi connectivity index (χ2v) is 13.9. The number of alkyl halides is 2. The number of fused-ring (bicyclic) bond motifs is 4. The zero-order valence-electron chi connectivity index (χ0n) is 27.8. The molecule has 0 unspecified atom stereocenters. The first kappa shape index (κ1) is 32.1. The predicted octanol–water partition coefficient (Wildman–Crippen LogP) is 4.34. The summed E-state index contributed by atoms with van der Waals surface area (Å²) in [5.41, 5.74) is 3.12. The van der Waals surface area contributed by atoms with E-state index in [2.05, 4.69) is 34.3 Å². The molecule has 260 valence electrons. The molecule has 0 spiro atoms. The van der Waals surface area contributed by atoms with Crippen LogP contribution in [0.3, 0.4) is 0 Å². The van der Waals surface area contributed by atoms with Crippen molar-refractivity contribution in [3.05, 3.63) is 48.5 Å². The van der Waals surface area contributed by atoms with Crippen molar-refractivity contribution in [1.29, 1.82) is 0 Å². The summed E-state index contributed by atoms with van der Waals surface area (Å²) in [7, 11) is 0. The number of ether oxygens (including phenoxy) is 2. The number of piperazine rings is 1. The first-order chi connectivity index (χ1) is 23.8. The smallest absolute Gasteiger partial charge is 0.323 e. The van der Waals surface area contributed by atoms with Gasteiger partial charge in [0, 0.05) is 67.7 Å². The Labute approximate surface area is 284 Å². The third kappa shape index (κ3) is 6.37. The van der Waals surface area contributed by atoms with Gasteiger partial charge in [0.2, 0.25) is 11.9 Å². The molecular weight excluding hydrogens is 632 g/mol. The zero-order chi connectivity index (χ0) is 33.6. The normalized spacial score (nSPS) is 28.3. The lowest BCUT2D eigenvalue weighted by atomic mass is 10.2. The summed E-state index contributed by atoms with van der Waals surface area (Å²) in [5.74, 6) is 1.12. The second-order valence-electron chi connectivity index (χ2n) is 13.9. The van der Waals surface area contributed by atoms with Crippen LogP contribution in [-0.2, 0) is 9.47 Å². The van der Waals surface area contributed by atoms with Gasteiger partial charge in [0.15, 0.2) is 5.82 Å². The van der Waals surface area contributed by atoms with Crippen molar-refractivity contribution in [2.75, 3.05) is 77.9 Å². The van der Waals surface area contributed by atoms with Crippen LogP contribution in [0, 0.1) is 0 Å². The maximum absolute atomic E-state index is 15.0. The van der Waals surface area contributed by atoms with Gasteiger partial charge in [0.25, 0.3) is 0 Å². The van der Waals surface area contributed by atoms with Gasteiger partial charge in [-0.2, -0.15) is 15.0 Å². The summed E-state index contributed by atoms with van der Waals surface area (Å²) < 4.78 is 41.3. The maximum atomic E-state index is 15.0. The van der Waals surface area contributed by atoms with Gasteiger partial charge in [-0.05, 0) is 62.4 Å². The number of hydrogen-bond acceptors (Lipinski definition) is 10. The molecule has 6 heterocycles. The molecule has 1 aromatic heterocycles. The molecular formula is C35H43F2N9O3. The molecule has 2 amide bonds. The second kappa shape index (κ2) is 13.3. The van der Waals surface area contributed by atoms with Crippen LogP contribution in [0.25, 0.3) is 11.4 Å². The zero-order valence-corrected chi connectivity index (χ0v) is 27.8. The Morgan fingerprint density at radius 3 is 1.73 bits per heavy atom. The van der Waals surface area contributed by atoms with E-state index >= 15 is 0 Å². The van der Waals surface area contributed by atoms with E-state index in [1.165, 1.54) is 0 Å². The van der Waals surface area contributed by atoms with Crippen molar-refractivity contribution in [2.24, 2.45) is 0 Å². The van der Waals surface area contributed by atoms with E-state index in [0.29, 0.717) is 66.8 Å². The highest BCUT2D eigenvalue weighted by Crippen LogP contribution is 2.38. The summed E-state index contributed by atoms with van der Waals surface area (Å²) in [4.78, 5) is 36.0. The molecule has 5 aliphatic rings. The Bertz CT molecular complexity index is 1590. The number of nitrogens with one attached hydrogen (secondary N) is 2. The summed E-state index contributed by atoms with van der Waals surface area (Å²) in [6.45, 7) is 9.80. The minimum atomic E-state index is -1.05. The van der Waals surface area contributed by atoms with Crippen LogP contribution in [0.15, 0.2) is 48.5 Å². The van der Waals surface area contributed by atoms with Crippen molar-refractivity contribution in [3.63, 3.8) is 0 Å². The first-order valence-electron chi connectivity index (χ1n) is 17.3. The van der Waals surface area contributed by atoms with E-state index in [9.17, 15) is 13.6 Å². The molecule has 2 aromatic carbocycles. The maximum Gasteiger partial charge on any atom is 0.323 e. The highest BCUT2D eigenvalue weighted by Gasteiger charge is 2.49. The highest BCUT2D eigenvalue weighted by molar-refractivity contribution is 6.00. The molecule has 8 rings (SSSR count). The minimum absolute atomic E-state index is 0.186. The van der Waals surface area contributed by atoms with Gasteiger partial charge in [0.05, 0.1) is 50.6 Å². The number of urea groups is 1. The number of rotatable bonds is 7. The average Bonchev–Trinajstić information content (AvgIpc) is 3.42. The standard InChI is InChI=1S/C35H43F2N9O3/c1-21(2)43-11-13-44(14-12-43)25-9-7-24(8-10-25)39-35(47)38-23-5-3-22(4-6-23)32-40-33(45-26-15-28(36)30(45)19-48-17-26)42-34(41-32)46-27-16-29(37)31(46)20-49-18-27/h3-10,21,26-31H,11-20H2,1-2H3,(H2,38,39,47)/t26-,27-,28-,29-,30-,31-/m0/s1. The molecule has 0 radical (unpaired) electrons. The molecule has 12 nitrogen and oxygen atoms in total. The molecule has 0 aliphatic carbocycles. The Morgan fingerprint density at radius 2 is 1.24 bits per heavy atom. The molecule has 5 saturated heterocycles. The number of carbonyl (C=O) groups is 1. The topological polar surface area (TPSA) is 111 Å². The Balaban J connectivity index is 0.973. The fourth-order valence-electron chi connectivity index (χ4n) is 7.85. The van der Waals surface area contributed by atoms with Gasteiger partial charge in [0.1, 0.15) is 12.3 Å². The molecule has 2 N–H and O–H groups in total. The molecule has 6 atom stereocenters. The van der Waals surface area contributed by atoms with Crippen LogP contribution in [0.5, 0.6) is 0 Å². The van der Waals surface area contributed by atoms with Gasteiger partial charge in [-0.25, -0.2) is 13.6 Å². The average molecular weight is 676 g/mol. The minimum Gasteiger partial charge on any atom is -0.377 e. The van der Waals surface area contributed by atoms with Crippen LogP contribution in [0.2, 0.25) is 0 Å². The van der Waals surface area contributed by atoms with E-state index in [-0.39, 0.29) is 31.3 Å². The third-order valence-corrected chi connectivity index (χ3v) is 10.5. The fourth-order valence-corrected chi connectivity index (χ4v) is 7.85. The van der Waals surface area contributed by atoms with Crippen LogP contribution in [0.4, 0.5) is 42.5 Å². The van der Waals surface area contributed by atoms with E-state index in [1.807, 2.05) is 46.2 Å². The number of morpholine rings is 2. The first-order valence-corrected chi connectivity index (χ1v) is 17.3. The largest absolute Gasteiger partial charge is 0.377 e. The molecule has 0 saturated carbocycles. The van der Waals surface area contributed by atoms with Gasteiger partial charge in [-0.1, -0.05) is 0 Å². The van der Waals surface area contributed by atoms with Crippen molar-refractivity contribution in [1.82, 2.24) is 19.9 Å². The molecule has 5 fully saturated rings. The highest BCUT2D eigenvalue weighted by atomic mass is 19.1. The van der Waals surface area contributed by atoms with Crippen molar-refractivity contribution in [2.45, 2.75) is 69.2 Å². The molecule has 49 heavy (non-hydrogen) atoms. The summed E-state index contributed by atoms with van der Waals surface area (Å²) in [6.07, 6.45) is -1.41. The fraction of sp³-hybridized carbons (Fsp3) is 0.543. The van der Waals surface area contributed by atoms with Crippen LogP contribution < -0.4 is 25.3 Å². The van der Waals surface area contributed by atoms with Crippen LogP contribution >= 0.6 is 0 Å². The SMILES string of the molecule is CC(C)N1CCN(c2ccc(NC(=O)Nc3ccc(-c4nc(N5[C@@H]6COC[C@H]5[C@@H](F)C6)nc(N5[C@@H]6COC[C@H]5[C@@H](F)C6)n4)cc3)cc2)CC1. The van der Waals surface area contributed by atoms with Gasteiger partial charge >= 0.3 is 6.03 Å². The van der Waals surface area contributed by atoms with E-state index in [4.69, 9.17) is 24.4 Å². The predicted molar refractivity (Wildman–Crippen MR) is 184 cm³/mol. The number of amides is 2. The molecule has 3 aromatic rings. The van der Waals surface area contributed by atoms with E-state index < -0.39 is 24.4 Å². The molecule has 5 aliphatic heterocycles. The van der Waals surface area contributed by atoms with Crippen molar-refractivity contribution < 1.29 is 23.0 Å². The van der Waals surface area contributed by atoms with Crippen molar-refractivity contribution in [3.8, 4) is 11.4 Å². The Hall–Kier alpha value is -4.14. The van der Waals surface area contributed by atoms with E-state index in [0.717, 1.165) is 31.9 Å². The van der Waals surface area contributed by atoms with Crippen LogP contribution in [-0.4, -0.2) is 121 Å². The third-order valence-electron chi connectivity index (χ3n) is 10.5. The molecule has 14 heteroatoms. The Morgan fingerprint density at radius 1 is 0.735 bits per heavy atom. The summed E-state index contributed by atoms with van der Waals surface area (Å²) in [5, 5.41) is 5.80. The summed E-state index contributed by atoms with van der Waals surface area (Å²) >= 11 is 0. The van der Waals surface area contributed by atoms with Gasteiger partial charge in [-0.3, -0.25) is 4.90 Å². The Kier molecular flexibility index (Phi) is 8.70. The molecule has 4 bridgehead atoms.